The Morgan fingerprint density at radius 2 is 2.00 bits per heavy atom. The molecular weight excluding hydrogens is 146 g/mol. The topological polar surface area (TPSA) is 12.0 Å². The number of unbranched alkanes of at least 4 members (excludes halogenated alkanes) is 1. The van der Waals surface area contributed by atoms with Crippen LogP contribution in [0.25, 0.3) is 0 Å². The minimum absolute atomic E-state index is 0.656. The Kier molecular flexibility index (Phi) is 6.90. The van der Waals surface area contributed by atoms with E-state index in [4.69, 9.17) is 0 Å². The van der Waals surface area contributed by atoms with Crippen LogP contribution in [-0.2, 0) is 0 Å². The molecule has 70 valence electrons. The van der Waals surface area contributed by atoms with E-state index in [1.165, 1.54) is 12.8 Å². The highest BCUT2D eigenvalue weighted by atomic mass is 14.9. The van der Waals surface area contributed by atoms with Gasteiger partial charge in [0.2, 0.25) is 0 Å². The second-order valence-electron chi connectivity index (χ2n) is 3.46. The van der Waals surface area contributed by atoms with Crippen LogP contribution in [0.1, 0.15) is 40.0 Å². The number of hydrogen-bond acceptors (Lipinski definition) is 1. The van der Waals surface area contributed by atoms with Crippen molar-refractivity contribution in [2.75, 3.05) is 7.05 Å². The Bertz CT molecular complexity index is 150. The maximum Gasteiger partial charge on any atom is 0.00891 e. The highest BCUT2D eigenvalue weighted by Crippen LogP contribution is 2.08. The van der Waals surface area contributed by atoms with E-state index in [0.29, 0.717) is 6.04 Å². The minimum Gasteiger partial charge on any atom is -0.317 e. The maximum absolute atomic E-state index is 3.33. The maximum atomic E-state index is 3.33. The standard InChI is InChI=1S/C11H21N/c1-5-6-7-8-9-11(12-4)10(2)3/h10-12H,7-9H2,1-4H3. The Morgan fingerprint density at radius 1 is 1.33 bits per heavy atom. The zero-order valence-corrected chi connectivity index (χ0v) is 8.78. The van der Waals surface area contributed by atoms with Crippen molar-refractivity contribution >= 4 is 0 Å². The molecule has 1 nitrogen and oxygen atoms in total. The molecule has 0 aromatic rings. The van der Waals surface area contributed by atoms with E-state index in [-0.39, 0.29) is 0 Å². The molecule has 0 radical (unpaired) electrons. The summed E-state index contributed by atoms with van der Waals surface area (Å²) in [5, 5.41) is 3.33. The van der Waals surface area contributed by atoms with Crippen LogP contribution >= 0.6 is 0 Å². The normalized spacial score (nSPS) is 12.4. The summed E-state index contributed by atoms with van der Waals surface area (Å²) in [5.74, 6) is 6.73. The smallest absolute Gasteiger partial charge is 0.00891 e. The summed E-state index contributed by atoms with van der Waals surface area (Å²) < 4.78 is 0. The van der Waals surface area contributed by atoms with Gasteiger partial charge in [0.15, 0.2) is 0 Å². The van der Waals surface area contributed by atoms with Crippen molar-refractivity contribution in [2.24, 2.45) is 5.92 Å². The van der Waals surface area contributed by atoms with Crippen LogP contribution in [0.5, 0.6) is 0 Å². The van der Waals surface area contributed by atoms with Gasteiger partial charge in [-0.15, -0.1) is 11.8 Å². The van der Waals surface area contributed by atoms with Crippen LogP contribution in [0.15, 0.2) is 0 Å². The first-order chi connectivity index (χ1) is 5.72. The SMILES string of the molecule is CC#CCCCC(NC)C(C)C. The van der Waals surface area contributed by atoms with Crippen LogP contribution in [0, 0.1) is 17.8 Å². The van der Waals surface area contributed by atoms with Crippen molar-refractivity contribution in [1.82, 2.24) is 5.32 Å². The van der Waals surface area contributed by atoms with Gasteiger partial charge >= 0.3 is 0 Å². The van der Waals surface area contributed by atoms with Crippen molar-refractivity contribution in [1.29, 1.82) is 0 Å². The molecule has 12 heavy (non-hydrogen) atoms. The molecule has 0 aliphatic carbocycles. The summed E-state index contributed by atoms with van der Waals surface area (Å²) >= 11 is 0. The molecule has 0 spiro atoms. The molecule has 0 aliphatic rings. The summed E-state index contributed by atoms with van der Waals surface area (Å²) in [6, 6.07) is 0.656. The van der Waals surface area contributed by atoms with Gasteiger partial charge in [0, 0.05) is 12.5 Å². The van der Waals surface area contributed by atoms with Gasteiger partial charge in [-0.2, -0.15) is 0 Å². The van der Waals surface area contributed by atoms with Crippen LogP contribution in [0.4, 0.5) is 0 Å². The van der Waals surface area contributed by atoms with Gasteiger partial charge in [0.25, 0.3) is 0 Å². The lowest BCUT2D eigenvalue weighted by atomic mass is 9.99. The van der Waals surface area contributed by atoms with Crippen molar-refractivity contribution < 1.29 is 0 Å². The fourth-order valence-corrected chi connectivity index (χ4v) is 1.35. The van der Waals surface area contributed by atoms with E-state index in [0.717, 1.165) is 12.3 Å². The molecule has 0 aliphatic heterocycles. The molecule has 1 unspecified atom stereocenters. The Morgan fingerprint density at radius 3 is 2.42 bits per heavy atom. The molecule has 0 amide bonds. The van der Waals surface area contributed by atoms with Crippen molar-refractivity contribution in [3.8, 4) is 11.8 Å². The van der Waals surface area contributed by atoms with Gasteiger partial charge < -0.3 is 5.32 Å². The van der Waals surface area contributed by atoms with E-state index < -0.39 is 0 Å². The van der Waals surface area contributed by atoms with Crippen LogP contribution in [0.2, 0.25) is 0 Å². The van der Waals surface area contributed by atoms with E-state index in [1.54, 1.807) is 0 Å². The highest BCUT2D eigenvalue weighted by Gasteiger charge is 2.08. The Labute approximate surface area is 76.9 Å². The summed E-state index contributed by atoms with van der Waals surface area (Å²) in [4.78, 5) is 0. The molecule has 0 heterocycles. The zero-order valence-electron chi connectivity index (χ0n) is 8.78. The van der Waals surface area contributed by atoms with Gasteiger partial charge in [0.1, 0.15) is 0 Å². The Hall–Kier alpha value is -0.480. The molecule has 1 N–H and O–H groups in total. The summed E-state index contributed by atoms with van der Waals surface area (Å²) in [5.41, 5.74) is 0. The van der Waals surface area contributed by atoms with Crippen molar-refractivity contribution in [2.45, 2.75) is 46.1 Å². The Balaban J connectivity index is 3.49. The predicted molar refractivity (Wildman–Crippen MR) is 55.0 cm³/mol. The fraction of sp³-hybridized carbons (Fsp3) is 0.818. The van der Waals surface area contributed by atoms with Crippen molar-refractivity contribution in [3.63, 3.8) is 0 Å². The first-order valence-corrected chi connectivity index (χ1v) is 4.79. The molecule has 0 bridgehead atoms. The molecule has 1 heteroatoms. The molecule has 0 rings (SSSR count). The summed E-state index contributed by atoms with van der Waals surface area (Å²) in [6.07, 6.45) is 3.49. The largest absolute Gasteiger partial charge is 0.317 e. The molecule has 0 fully saturated rings. The van der Waals surface area contributed by atoms with E-state index in [9.17, 15) is 0 Å². The molecule has 0 aromatic carbocycles. The molecule has 0 aromatic heterocycles. The lowest BCUT2D eigenvalue weighted by Gasteiger charge is -2.19. The summed E-state index contributed by atoms with van der Waals surface area (Å²) in [7, 11) is 2.04. The third-order valence-corrected chi connectivity index (χ3v) is 2.17. The number of rotatable bonds is 5. The molecular formula is C11H21N. The van der Waals surface area contributed by atoms with Crippen molar-refractivity contribution in [3.05, 3.63) is 0 Å². The third-order valence-electron chi connectivity index (χ3n) is 2.17. The summed E-state index contributed by atoms with van der Waals surface area (Å²) in [6.45, 7) is 6.41. The highest BCUT2D eigenvalue weighted by molar-refractivity contribution is 4.94. The zero-order chi connectivity index (χ0) is 9.40. The van der Waals surface area contributed by atoms with Gasteiger partial charge in [-0.3, -0.25) is 0 Å². The van der Waals surface area contributed by atoms with Gasteiger partial charge in [-0.05, 0) is 32.7 Å². The monoisotopic (exact) mass is 167 g/mol. The second-order valence-corrected chi connectivity index (χ2v) is 3.46. The van der Waals surface area contributed by atoms with E-state index in [1.807, 2.05) is 14.0 Å². The van der Waals surface area contributed by atoms with Gasteiger partial charge in [-0.25, -0.2) is 0 Å². The van der Waals surface area contributed by atoms with E-state index in [2.05, 4.69) is 31.0 Å². The average molecular weight is 167 g/mol. The third kappa shape index (κ3) is 5.21. The molecule has 1 atom stereocenters. The first-order valence-electron chi connectivity index (χ1n) is 4.79. The fourth-order valence-electron chi connectivity index (χ4n) is 1.35. The van der Waals surface area contributed by atoms with Crippen LogP contribution in [0.3, 0.4) is 0 Å². The average Bonchev–Trinajstić information content (AvgIpc) is 2.04. The quantitative estimate of drug-likeness (QED) is 0.490. The lowest BCUT2D eigenvalue weighted by molar-refractivity contribution is 0.395. The predicted octanol–water partition coefficient (Wildman–Crippen LogP) is 2.42. The number of hydrogen-bond donors (Lipinski definition) is 1. The van der Waals surface area contributed by atoms with Gasteiger partial charge in [-0.1, -0.05) is 13.8 Å². The number of nitrogens with one attached hydrogen (secondary N) is 1. The molecule has 0 saturated carbocycles. The van der Waals surface area contributed by atoms with Gasteiger partial charge in [0.05, 0.1) is 0 Å². The minimum atomic E-state index is 0.656. The van der Waals surface area contributed by atoms with Crippen LogP contribution in [-0.4, -0.2) is 13.1 Å². The lowest BCUT2D eigenvalue weighted by Crippen LogP contribution is -2.30. The van der Waals surface area contributed by atoms with Crippen LogP contribution < -0.4 is 5.32 Å². The molecule has 0 saturated heterocycles. The second kappa shape index (κ2) is 7.18. The first kappa shape index (κ1) is 11.5. The van der Waals surface area contributed by atoms with E-state index >= 15 is 0 Å².